The number of rotatable bonds is 7. The third kappa shape index (κ3) is 8.45. The number of morpholine rings is 1. The minimum Gasteiger partial charge on any atom is -0.378 e. The molecule has 0 bridgehead atoms. The number of aromatic amines is 1. The van der Waals surface area contributed by atoms with E-state index in [0.29, 0.717) is 37.0 Å². The highest BCUT2D eigenvalue weighted by atomic mass is 32.2. The summed E-state index contributed by atoms with van der Waals surface area (Å²) in [5, 5.41) is 11.1. The monoisotopic (exact) mass is 846 g/mol. The van der Waals surface area contributed by atoms with Crippen LogP contribution >= 0.6 is 23.1 Å². The van der Waals surface area contributed by atoms with Crippen molar-refractivity contribution in [2.24, 2.45) is 0 Å². The van der Waals surface area contributed by atoms with Crippen molar-refractivity contribution in [1.82, 2.24) is 44.7 Å². The van der Waals surface area contributed by atoms with Crippen molar-refractivity contribution in [3.05, 3.63) is 101 Å². The molecule has 2 N–H and O–H groups in total. The van der Waals surface area contributed by atoms with E-state index in [1.165, 1.54) is 11.1 Å². The highest BCUT2D eigenvalue weighted by Crippen LogP contribution is 2.37. The number of ether oxygens (including phenoxy) is 1. The average molecular weight is 847 g/mol. The van der Waals surface area contributed by atoms with Crippen LogP contribution in [0.3, 0.4) is 0 Å². The summed E-state index contributed by atoms with van der Waals surface area (Å²) in [6.07, 6.45) is 10.1. The summed E-state index contributed by atoms with van der Waals surface area (Å²) in [5.41, 5.74) is 6.65. The zero-order valence-corrected chi connectivity index (χ0v) is 34.3. The lowest BCUT2D eigenvalue weighted by Crippen LogP contribution is -2.47. The van der Waals surface area contributed by atoms with Crippen molar-refractivity contribution in [1.29, 1.82) is 0 Å². The smallest absolute Gasteiger partial charge is 0.290 e. The number of thioether (sulfide) groups is 1. The molecule has 0 spiro atoms. The number of sulfonamides is 1. The number of thiophene rings is 1. The fraction of sp³-hybridized carbons (Fsp3) is 0.244. The molecule has 7 aromatic rings. The maximum absolute atomic E-state index is 11.8. The Balaban J connectivity index is 0.000000163. The summed E-state index contributed by atoms with van der Waals surface area (Å²) in [5.74, 6) is 1.29. The Morgan fingerprint density at radius 1 is 0.864 bits per heavy atom. The first-order valence-corrected chi connectivity index (χ1v) is 22.4. The number of pyridine rings is 2. The molecule has 0 unspecified atom stereocenters. The standard InChI is InChI=1S/C23H27N7O3S2.C18H11N3O2S/c1-35(31,32)30-7-5-28(6-8-30)15-16-13-20-21(34-16)23(29-9-11-33-12-10-29)26-22(25-20)17-3-2-4-19-18(17)14-24-27-19;22-17-16(24-18(23)21-17)10-11-1-2-15-14(9-11)13(5-8-20-15)12-3-6-19-7-4-12/h2-4,13-14H,5-12,15H2,1H3,(H,24,27);1-10H,(H,21,22,23)/b;16-10-. The first kappa shape index (κ1) is 38.9. The van der Waals surface area contributed by atoms with Crippen LogP contribution in [0.1, 0.15) is 10.4 Å². The molecule has 10 rings (SSSR count). The molecule has 59 heavy (non-hydrogen) atoms. The van der Waals surface area contributed by atoms with Gasteiger partial charge in [0.25, 0.3) is 11.1 Å². The second-order valence-corrected chi connectivity index (χ2v) is 18.3. The molecule has 18 heteroatoms. The van der Waals surface area contributed by atoms with Gasteiger partial charge in [-0.1, -0.05) is 18.2 Å². The predicted octanol–water partition coefficient (Wildman–Crippen LogP) is 5.77. The van der Waals surface area contributed by atoms with Crippen LogP contribution in [0, 0.1) is 0 Å². The number of carbonyl (C=O) groups is 2. The van der Waals surface area contributed by atoms with Crippen LogP contribution in [0.5, 0.6) is 0 Å². The predicted molar refractivity (Wildman–Crippen MR) is 231 cm³/mol. The lowest BCUT2D eigenvalue weighted by atomic mass is 10.0. The third-order valence-electron chi connectivity index (χ3n) is 10.3. The van der Waals surface area contributed by atoms with Crippen molar-refractivity contribution < 1.29 is 22.7 Å². The first-order chi connectivity index (χ1) is 28.7. The third-order valence-corrected chi connectivity index (χ3v) is 13.5. The number of benzene rings is 2. The van der Waals surface area contributed by atoms with E-state index in [2.05, 4.69) is 41.3 Å². The molecule has 300 valence electrons. The highest BCUT2D eigenvalue weighted by Gasteiger charge is 2.26. The van der Waals surface area contributed by atoms with Gasteiger partial charge in [-0.15, -0.1) is 11.3 Å². The highest BCUT2D eigenvalue weighted by molar-refractivity contribution is 8.18. The molecule has 5 aromatic heterocycles. The molecule has 2 aromatic carbocycles. The van der Waals surface area contributed by atoms with Gasteiger partial charge in [0, 0.05) is 85.6 Å². The van der Waals surface area contributed by atoms with Crippen molar-refractivity contribution in [3.8, 4) is 22.5 Å². The molecule has 8 heterocycles. The topological polar surface area (TPSA) is 180 Å². The van der Waals surface area contributed by atoms with Gasteiger partial charge < -0.3 is 9.64 Å². The Bertz CT molecular complexity index is 2850. The number of nitrogens with zero attached hydrogens (tertiary/aromatic N) is 8. The quantitative estimate of drug-likeness (QED) is 0.185. The van der Waals surface area contributed by atoms with Gasteiger partial charge in [0.1, 0.15) is 0 Å². The van der Waals surface area contributed by atoms with E-state index in [1.54, 1.807) is 40.3 Å². The second-order valence-electron chi connectivity index (χ2n) is 14.2. The molecule has 3 aliphatic rings. The van der Waals surface area contributed by atoms with E-state index < -0.39 is 10.0 Å². The number of fused-ring (bicyclic) bond motifs is 3. The maximum atomic E-state index is 11.8. The van der Waals surface area contributed by atoms with Crippen LogP contribution in [-0.2, 0) is 26.1 Å². The zero-order valence-electron chi connectivity index (χ0n) is 31.9. The number of aromatic nitrogens is 6. The maximum Gasteiger partial charge on any atom is 0.290 e. The Morgan fingerprint density at radius 2 is 1.68 bits per heavy atom. The fourth-order valence-corrected chi connectivity index (χ4v) is 10.0. The lowest BCUT2D eigenvalue weighted by molar-refractivity contribution is -0.115. The van der Waals surface area contributed by atoms with Crippen molar-refractivity contribution in [2.75, 3.05) is 63.6 Å². The fourth-order valence-electron chi connectivity index (χ4n) is 7.36. The van der Waals surface area contributed by atoms with Crippen LogP contribution in [0.15, 0.2) is 90.4 Å². The van der Waals surface area contributed by atoms with E-state index in [1.807, 2.05) is 60.8 Å². The summed E-state index contributed by atoms with van der Waals surface area (Å²) in [6.45, 7) is 6.22. The molecule has 0 saturated carbocycles. The van der Waals surface area contributed by atoms with Gasteiger partial charge in [-0.25, -0.2) is 18.4 Å². The van der Waals surface area contributed by atoms with Gasteiger partial charge in [-0.3, -0.25) is 34.9 Å². The van der Waals surface area contributed by atoms with Crippen LogP contribution in [0.25, 0.3) is 60.6 Å². The van der Waals surface area contributed by atoms with E-state index in [-0.39, 0.29) is 11.1 Å². The van der Waals surface area contributed by atoms with Crippen molar-refractivity contribution >= 4 is 88.2 Å². The van der Waals surface area contributed by atoms with E-state index in [9.17, 15) is 18.0 Å². The molecule has 3 fully saturated rings. The summed E-state index contributed by atoms with van der Waals surface area (Å²) >= 11 is 2.64. The first-order valence-electron chi connectivity index (χ1n) is 18.9. The summed E-state index contributed by atoms with van der Waals surface area (Å²) in [6, 6.07) is 19.8. The lowest BCUT2D eigenvalue weighted by Gasteiger charge is -2.32. The number of hydrogen-bond donors (Lipinski definition) is 2. The van der Waals surface area contributed by atoms with Crippen molar-refractivity contribution in [3.63, 3.8) is 0 Å². The summed E-state index contributed by atoms with van der Waals surface area (Å²) in [7, 11) is -3.13. The normalized spacial score (nSPS) is 17.5. The van der Waals surface area contributed by atoms with E-state index in [4.69, 9.17) is 14.7 Å². The number of nitrogens with one attached hydrogen (secondary N) is 2. The number of imide groups is 1. The van der Waals surface area contributed by atoms with Gasteiger partial charge >= 0.3 is 0 Å². The van der Waals surface area contributed by atoms with E-state index in [0.717, 1.165) is 105 Å². The van der Waals surface area contributed by atoms with Crippen LogP contribution < -0.4 is 10.2 Å². The van der Waals surface area contributed by atoms with Gasteiger partial charge in [0.05, 0.1) is 51.8 Å². The minimum absolute atomic E-state index is 0.341. The molecule has 3 saturated heterocycles. The Labute approximate surface area is 347 Å². The molecule has 0 aliphatic carbocycles. The Morgan fingerprint density at radius 3 is 2.44 bits per heavy atom. The molecule has 0 radical (unpaired) electrons. The van der Waals surface area contributed by atoms with Crippen LogP contribution in [0.2, 0.25) is 0 Å². The summed E-state index contributed by atoms with van der Waals surface area (Å²) in [4.78, 5) is 47.7. The average Bonchev–Trinajstić information content (AvgIpc) is 3.98. The number of carbonyl (C=O) groups excluding carboxylic acids is 2. The molecule has 2 amide bonds. The number of amides is 2. The number of hydrogen-bond acceptors (Lipinski definition) is 14. The van der Waals surface area contributed by atoms with Crippen molar-refractivity contribution in [2.45, 2.75) is 6.54 Å². The second kappa shape index (κ2) is 16.6. The van der Waals surface area contributed by atoms with E-state index >= 15 is 0 Å². The molecular formula is C41H38N10O5S3. The van der Waals surface area contributed by atoms with Gasteiger partial charge in [0.15, 0.2) is 11.6 Å². The SMILES string of the molecule is CS(=O)(=O)N1CCN(Cc2cc3nc(-c4cccc5[nH]ncc45)nc(N4CCOCC4)c3s2)CC1.O=C1NC(=O)/C(=C/c2ccc3nccc(-c4ccncc4)c3c2)S1. The zero-order chi connectivity index (χ0) is 40.5. The van der Waals surface area contributed by atoms with Crippen LogP contribution in [-0.4, -0.2) is 118 Å². The molecule has 15 nitrogen and oxygen atoms in total. The van der Waals surface area contributed by atoms with Crippen LogP contribution in [0.4, 0.5) is 10.6 Å². The Kier molecular flexibility index (Phi) is 10.9. The summed E-state index contributed by atoms with van der Waals surface area (Å²) < 4.78 is 31.9. The number of anilines is 1. The number of H-pyrrole nitrogens is 1. The van der Waals surface area contributed by atoms with Gasteiger partial charge in [0.2, 0.25) is 10.0 Å². The molecular weight excluding hydrogens is 809 g/mol. The molecule has 0 atom stereocenters. The van der Waals surface area contributed by atoms with Gasteiger partial charge in [-0.05, 0) is 77.0 Å². The Hall–Kier alpha value is -5.63. The molecule has 3 aliphatic heterocycles. The van der Waals surface area contributed by atoms with Gasteiger partial charge in [-0.2, -0.15) is 9.40 Å². The number of piperazine rings is 1. The largest absolute Gasteiger partial charge is 0.378 e. The minimum atomic E-state index is -3.13.